The zero-order chi connectivity index (χ0) is 10.1. The van der Waals surface area contributed by atoms with Crippen molar-refractivity contribution in [2.24, 2.45) is 0 Å². The average molecular weight is 336 g/mol. The van der Waals surface area contributed by atoms with Crippen LogP contribution in [0.4, 0.5) is 0 Å². The molecule has 0 bridgehead atoms. The molecule has 0 saturated heterocycles. The highest BCUT2D eigenvalue weighted by atomic mass is 79.9. The first-order valence-corrected chi connectivity index (χ1v) is 6.91. The summed E-state index contributed by atoms with van der Waals surface area (Å²) < 4.78 is 2.21. The smallest absolute Gasteiger partial charge is 0.0699 e. The van der Waals surface area contributed by atoms with Gasteiger partial charge in [0.1, 0.15) is 0 Å². The maximum atomic E-state index is 9.31. The van der Waals surface area contributed by atoms with Gasteiger partial charge in [-0.15, -0.1) is 11.3 Å². The molecule has 0 atom stereocenters. The number of hydrogen-bond acceptors (Lipinski definition) is 2. The van der Waals surface area contributed by atoms with Crippen LogP contribution in [-0.2, 0) is 11.9 Å². The van der Waals surface area contributed by atoms with Crippen LogP contribution in [-0.4, -0.2) is 5.11 Å². The van der Waals surface area contributed by atoms with Crippen LogP contribution in [0.25, 0.3) is 10.1 Å². The van der Waals surface area contributed by atoms with Crippen molar-refractivity contribution in [1.29, 1.82) is 0 Å². The molecular weight excluding hydrogens is 328 g/mol. The lowest BCUT2D eigenvalue weighted by Gasteiger charge is -2.04. The van der Waals surface area contributed by atoms with E-state index in [1.807, 2.05) is 6.07 Å². The number of fused-ring (bicyclic) bond motifs is 1. The number of alkyl halides is 1. The van der Waals surface area contributed by atoms with Crippen LogP contribution in [0, 0.1) is 0 Å². The van der Waals surface area contributed by atoms with Crippen molar-refractivity contribution in [2.75, 3.05) is 0 Å². The summed E-state index contributed by atoms with van der Waals surface area (Å²) in [6.07, 6.45) is 0. The van der Waals surface area contributed by atoms with E-state index in [2.05, 4.69) is 43.3 Å². The Morgan fingerprint density at radius 2 is 2.14 bits per heavy atom. The normalized spacial score (nSPS) is 11.1. The molecule has 0 aliphatic carbocycles. The molecule has 0 saturated carbocycles. The van der Waals surface area contributed by atoms with Crippen molar-refractivity contribution in [3.63, 3.8) is 0 Å². The van der Waals surface area contributed by atoms with E-state index in [0.29, 0.717) is 0 Å². The number of rotatable bonds is 2. The molecule has 1 nitrogen and oxygen atoms in total. The molecule has 0 radical (unpaired) electrons. The van der Waals surface area contributed by atoms with Gasteiger partial charge in [0.25, 0.3) is 0 Å². The number of aliphatic hydroxyl groups excluding tert-OH is 1. The van der Waals surface area contributed by atoms with Gasteiger partial charge in [-0.1, -0.05) is 31.9 Å². The van der Waals surface area contributed by atoms with Crippen LogP contribution in [0.5, 0.6) is 0 Å². The summed E-state index contributed by atoms with van der Waals surface area (Å²) in [5, 5.41) is 13.5. The number of aliphatic hydroxyl groups is 1. The fraction of sp³-hybridized carbons (Fsp3) is 0.200. The van der Waals surface area contributed by atoms with E-state index in [-0.39, 0.29) is 6.61 Å². The van der Waals surface area contributed by atoms with Crippen molar-refractivity contribution >= 4 is 53.3 Å². The second-order valence-electron chi connectivity index (χ2n) is 2.95. The van der Waals surface area contributed by atoms with Gasteiger partial charge < -0.3 is 5.11 Å². The molecule has 74 valence electrons. The standard InChI is InChI=1S/C10H8Br2OS/c11-3-6-5-14-9-2-1-8(12)7(4-13)10(6)9/h1-2,5,13H,3-4H2. The molecule has 1 aromatic carbocycles. The highest BCUT2D eigenvalue weighted by molar-refractivity contribution is 9.10. The minimum atomic E-state index is 0.0780. The van der Waals surface area contributed by atoms with Gasteiger partial charge in [0.2, 0.25) is 0 Å². The molecule has 1 heterocycles. The van der Waals surface area contributed by atoms with Crippen molar-refractivity contribution < 1.29 is 5.11 Å². The van der Waals surface area contributed by atoms with Crippen LogP contribution in [0.1, 0.15) is 11.1 Å². The molecule has 0 aliphatic rings. The van der Waals surface area contributed by atoms with E-state index >= 15 is 0 Å². The highest BCUT2D eigenvalue weighted by Gasteiger charge is 2.10. The molecule has 14 heavy (non-hydrogen) atoms. The van der Waals surface area contributed by atoms with Crippen molar-refractivity contribution in [3.8, 4) is 0 Å². The monoisotopic (exact) mass is 334 g/mol. The van der Waals surface area contributed by atoms with Gasteiger partial charge in [0.15, 0.2) is 0 Å². The Morgan fingerprint density at radius 3 is 2.79 bits per heavy atom. The maximum Gasteiger partial charge on any atom is 0.0699 e. The molecular formula is C10H8Br2OS. The minimum absolute atomic E-state index is 0.0780. The minimum Gasteiger partial charge on any atom is -0.392 e. The Hall–Kier alpha value is 0.1000. The van der Waals surface area contributed by atoms with E-state index in [1.165, 1.54) is 15.6 Å². The SMILES string of the molecule is OCc1c(Br)ccc2scc(CBr)c12. The molecule has 1 aromatic heterocycles. The molecule has 0 fully saturated rings. The lowest BCUT2D eigenvalue weighted by atomic mass is 10.1. The topological polar surface area (TPSA) is 20.2 Å². The Balaban J connectivity index is 2.81. The van der Waals surface area contributed by atoms with Crippen LogP contribution in [0.2, 0.25) is 0 Å². The van der Waals surface area contributed by atoms with E-state index < -0.39 is 0 Å². The molecule has 0 spiro atoms. The summed E-state index contributed by atoms with van der Waals surface area (Å²) in [4.78, 5) is 0. The first-order chi connectivity index (χ1) is 6.77. The van der Waals surface area contributed by atoms with Crippen LogP contribution < -0.4 is 0 Å². The summed E-state index contributed by atoms with van der Waals surface area (Å²) in [5.41, 5.74) is 2.23. The van der Waals surface area contributed by atoms with Gasteiger partial charge in [-0.2, -0.15) is 0 Å². The Bertz CT molecular complexity index is 464. The van der Waals surface area contributed by atoms with Crippen molar-refractivity contribution in [2.45, 2.75) is 11.9 Å². The van der Waals surface area contributed by atoms with Gasteiger partial charge in [0.05, 0.1) is 6.61 Å². The van der Waals surface area contributed by atoms with Crippen LogP contribution in [0.15, 0.2) is 22.0 Å². The quantitative estimate of drug-likeness (QED) is 0.821. The Kier molecular flexibility index (Phi) is 3.27. The predicted octanol–water partition coefficient (Wildman–Crippen LogP) is 4.05. The highest BCUT2D eigenvalue weighted by Crippen LogP contribution is 2.34. The largest absolute Gasteiger partial charge is 0.392 e. The summed E-state index contributed by atoms with van der Waals surface area (Å²) in [7, 11) is 0. The lowest BCUT2D eigenvalue weighted by Crippen LogP contribution is -1.88. The zero-order valence-corrected chi connectivity index (χ0v) is 11.2. The molecule has 0 aliphatic heterocycles. The molecule has 2 aromatic rings. The van der Waals surface area contributed by atoms with Crippen LogP contribution >= 0.6 is 43.2 Å². The van der Waals surface area contributed by atoms with E-state index in [4.69, 9.17) is 0 Å². The predicted molar refractivity (Wildman–Crippen MR) is 68.1 cm³/mol. The van der Waals surface area contributed by atoms with Gasteiger partial charge in [0, 0.05) is 25.5 Å². The summed E-state index contributed by atoms with van der Waals surface area (Å²) >= 11 is 8.63. The molecule has 1 N–H and O–H groups in total. The third kappa shape index (κ3) is 1.65. The summed E-state index contributed by atoms with van der Waals surface area (Å²) in [5.74, 6) is 0. The lowest BCUT2D eigenvalue weighted by molar-refractivity contribution is 0.282. The van der Waals surface area contributed by atoms with Crippen LogP contribution in [0.3, 0.4) is 0 Å². The van der Waals surface area contributed by atoms with E-state index in [9.17, 15) is 5.11 Å². The molecule has 0 amide bonds. The van der Waals surface area contributed by atoms with E-state index in [0.717, 1.165) is 15.4 Å². The fourth-order valence-electron chi connectivity index (χ4n) is 1.50. The number of halogens is 2. The number of thiophene rings is 1. The van der Waals surface area contributed by atoms with E-state index in [1.54, 1.807) is 11.3 Å². The van der Waals surface area contributed by atoms with Gasteiger partial charge in [-0.05, 0) is 23.1 Å². The average Bonchev–Trinajstić information content (AvgIpc) is 2.61. The Morgan fingerprint density at radius 1 is 1.36 bits per heavy atom. The first kappa shape index (κ1) is 10.6. The van der Waals surface area contributed by atoms with Gasteiger partial charge in [-0.25, -0.2) is 0 Å². The summed E-state index contributed by atoms with van der Waals surface area (Å²) in [6.45, 7) is 0.0780. The second kappa shape index (κ2) is 4.31. The number of hydrogen-bond donors (Lipinski definition) is 1. The van der Waals surface area contributed by atoms with Crippen molar-refractivity contribution in [3.05, 3.63) is 33.1 Å². The van der Waals surface area contributed by atoms with Crippen molar-refractivity contribution in [1.82, 2.24) is 0 Å². The molecule has 0 unspecified atom stereocenters. The van der Waals surface area contributed by atoms with Gasteiger partial charge >= 0.3 is 0 Å². The third-order valence-corrected chi connectivity index (χ3v) is 4.51. The fourth-order valence-corrected chi connectivity index (χ4v) is 3.60. The van der Waals surface area contributed by atoms with Gasteiger partial charge in [-0.3, -0.25) is 0 Å². The molecule has 4 heteroatoms. The first-order valence-electron chi connectivity index (χ1n) is 4.12. The second-order valence-corrected chi connectivity index (χ2v) is 5.28. The Labute approximate surface area is 103 Å². The third-order valence-electron chi connectivity index (χ3n) is 2.17. The molecule has 2 rings (SSSR count). The zero-order valence-electron chi connectivity index (χ0n) is 7.26. The maximum absolute atomic E-state index is 9.31. The summed E-state index contributed by atoms with van der Waals surface area (Å²) in [6, 6.07) is 4.07. The number of benzene rings is 1.